The molecule has 1 heterocycles. The van der Waals surface area contributed by atoms with Crippen LogP contribution in [0, 0.1) is 3.70 Å². The third-order valence-electron chi connectivity index (χ3n) is 1.73. The lowest BCUT2D eigenvalue weighted by molar-refractivity contribution is -0.139. The van der Waals surface area contributed by atoms with E-state index in [4.69, 9.17) is 0 Å². The summed E-state index contributed by atoms with van der Waals surface area (Å²) < 4.78 is 29.6. The number of hydrogen-bond acceptors (Lipinski definition) is 3. The minimum atomic E-state index is -2.58. The third kappa shape index (κ3) is 3.37. The number of methoxy groups -OCH3 is 1. The predicted molar refractivity (Wildman–Crippen MR) is 57.6 cm³/mol. The molecule has 0 spiro atoms. The van der Waals surface area contributed by atoms with Crippen molar-refractivity contribution in [3.05, 3.63) is 27.1 Å². The Hall–Kier alpha value is -0.790. The molecule has 0 aliphatic heterocycles. The first-order valence-electron chi connectivity index (χ1n) is 4.04. The van der Waals surface area contributed by atoms with Crippen molar-refractivity contribution in [2.45, 2.75) is 12.8 Å². The molecule has 0 saturated heterocycles. The molecule has 0 aromatic carbocycles. The maximum Gasteiger partial charge on any atom is 0.310 e. The van der Waals surface area contributed by atoms with Crippen molar-refractivity contribution < 1.29 is 18.3 Å². The summed E-state index contributed by atoms with van der Waals surface area (Å²) in [5.74, 6) is -0.474. The summed E-state index contributed by atoms with van der Waals surface area (Å²) in [6.07, 6.45) is -1.23. The van der Waals surface area contributed by atoms with Gasteiger partial charge in [-0.25, -0.2) is 13.8 Å². The molecule has 0 unspecified atom stereocenters. The average molecular weight is 327 g/mol. The summed E-state index contributed by atoms with van der Waals surface area (Å²) in [6, 6.07) is 1.27. The van der Waals surface area contributed by atoms with Crippen LogP contribution in [0.3, 0.4) is 0 Å². The van der Waals surface area contributed by atoms with Crippen LogP contribution < -0.4 is 0 Å². The summed E-state index contributed by atoms with van der Waals surface area (Å²) >= 11 is 1.73. The molecule has 0 aliphatic carbocycles. The zero-order valence-corrected chi connectivity index (χ0v) is 9.99. The number of carbonyl (C=O) groups is 1. The number of ether oxygens (including phenoxy) is 1. The zero-order chi connectivity index (χ0) is 11.4. The van der Waals surface area contributed by atoms with E-state index < -0.39 is 12.4 Å². The van der Waals surface area contributed by atoms with Gasteiger partial charge in [0.2, 0.25) is 0 Å². The Bertz CT molecular complexity index is 371. The molecule has 15 heavy (non-hydrogen) atoms. The Morgan fingerprint density at radius 2 is 2.33 bits per heavy atom. The lowest BCUT2D eigenvalue weighted by Gasteiger charge is -2.05. The molecule has 0 aliphatic rings. The van der Waals surface area contributed by atoms with Crippen LogP contribution in [0.2, 0.25) is 0 Å². The van der Waals surface area contributed by atoms with Gasteiger partial charge in [0.25, 0.3) is 6.43 Å². The van der Waals surface area contributed by atoms with Gasteiger partial charge in [0.05, 0.1) is 13.5 Å². The highest BCUT2D eigenvalue weighted by Crippen LogP contribution is 2.23. The van der Waals surface area contributed by atoms with E-state index in [1.54, 1.807) is 22.6 Å². The third-order valence-corrected chi connectivity index (χ3v) is 2.64. The SMILES string of the molecule is COC(=O)Cc1cnc(I)c(C(F)F)c1. The van der Waals surface area contributed by atoms with Crippen molar-refractivity contribution in [1.82, 2.24) is 4.98 Å². The first-order valence-corrected chi connectivity index (χ1v) is 5.11. The Balaban J connectivity index is 2.92. The maximum absolute atomic E-state index is 12.5. The van der Waals surface area contributed by atoms with Crippen molar-refractivity contribution in [1.29, 1.82) is 0 Å². The van der Waals surface area contributed by atoms with Crippen molar-refractivity contribution in [3.8, 4) is 0 Å². The van der Waals surface area contributed by atoms with Gasteiger partial charge in [0.1, 0.15) is 3.70 Å². The molecule has 0 amide bonds. The van der Waals surface area contributed by atoms with Crippen molar-refractivity contribution in [2.24, 2.45) is 0 Å². The fourth-order valence-electron chi connectivity index (χ4n) is 0.999. The smallest absolute Gasteiger partial charge is 0.310 e. The molecule has 1 rings (SSSR count). The topological polar surface area (TPSA) is 39.2 Å². The van der Waals surface area contributed by atoms with Gasteiger partial charge in [-0.3, -0.25) is 4.79 Å². The number of rotatable bonds is 3. The number of nitrogens with zero attached hydrogens (tertiary/aromatic N) is 1. The quantitative estimate of drug-likeness (QED) is 0.486. The molecule has 0 N–H and O–H groups in total. The maximum atomic E-state index is 12.5. The van der Waals surface area contributed by atoms with E-state index in [1.807, 2.05) is 0 Å². The van der Waals surface area contributed by atoms with Crippen LogP contribution in [-0.2, 0) is 16.0 Å². The first-order chi connectivity index (χ1) is 7.04. The number of esters is 1. The standard InChI is InChI=1S/C9H8F2INO2/c1-15-7(14)3-5-2-6(8(10)11)9(12)13-4-5/h2,4,8H,3H2,1H3. The second-order valence-corrected chi connectivity index (χ2v) is 3.80. The van der Waals surface area contributed by atoms with Crippen LogP contribution in [0.25, 0.3) is 0 Å². The van der Waals surface area contributed by atoms with Crippen LogP contribution in [0.15, 0.2) is 12.3 Å². The van der Waals surface area contributed by atoms with E-state index in [0.717, 1.165) is 0 Å². The van der Waals surface area contributed by atoms with Gasteiger partial charge in [-0.05, 0) is 34.2 Å². The molecule has 1 aromatic heterocycles. The van der Waals surface area contributed by atoms with Gasteiger partial charge in [-0.2, -0.15) is 0 Å². The summed E-state index contributed by atoms with van der Waals surface area (Å²) in [6.45, 7) is 0. The van der Waals surface area contributed by atoms with Gasteiger partial charge >= 0.3 is 5.97 Å². The number of carbonyl (C=O) groups excluding carboxylic acids is 1. The molecule has 0 bridgehead atoms. The van der Waals surface area contributed by atoms with Gasteiger partial charge in [-0.15, -0.1) is 0 Å². The van der Waals surface area contributed by atoms with Crippen LogP contribution >= 0.6 is 22.6 Å². The molecule has 6 heteroatoms. The molecular weight excluding hydrogens is 319 g/mol. The zero-order valence-electron chi connectivity index (χ0n) is 7.84. The van der Waals surface area contributed by atoms with E-state index in [2.05, 4.69) is 9.72 Å². The van der Waals surface area contributed by atoms with Gasteiger partial charge in [-0.1, -0.05) is 0 Å². The molecule has 0 atom stereocenters. The predicted octanol–water partition coefficient (Wildman–Crippen LogP) is 2.34. The van der Waals surface area contributed by atoms with E-state index in [0.29, 0.717) is 5.56 Å². The fraction of sp³-hybridized carbons (Fsp3) is 0.333. The number of alkyl halides is 2. The normalized spacial score (nSPS) is 10.5. The summed E-state index contributed by atoms with van der Waals surface area (Å²) in [5.41, 5.74) is 0.273. The van der Waals surface area contributed by atoms with E-state index in [-0.39, 0.29) is 15.7 Å². The second-order valence-electron chi connectivity index (χ2n) is 2.78. The number of hydrogen-bond donors (Lipinski definition) is 0. The van der Waals surface area contributed by atoms with Crippen molar-refractivity contribution in [3.63, 3.8) is 0 Å². The molecule has 0 fully saturated rings. The fourth-order valence-corrected chi connectivity index (χ4v) is 1.53. The van der Waals surface area contributed by atoms with Gasteiger partial charge in [0, 0.05) is 11.8 Å². The average Bonchev–Trinajstić information content (AvgIpc) is 2.20. The molecule has 3 nitrogen and oxygen atoms in total. The van der Waals surface area contributed by atoms with Crippen LogP contribution in [-0.4, -0.2) is 18.1 Å². The van der Waals surface area contributed by atoms with E-state index in [9.17, 15) is 13.6 Å². The highest BCUT2D eigenvalue weighted by molar-refractivity contribution is 14.1. The minimum Gasteiger partial charge on any atom is -0.469 e. The Kier molecular flexibility index (Phi) is 4.37. The Labute approximate surface area is 99.0 Å². The highest BCUT2D eigenvalue weighted by Gasteiger charge is 2.14. The second kappa shape index (κ2) is 5.34. The van der Waals surface area contributed by atoms with Crippen LogP contribution in [0.4, 0.5) is 8.78 Å². The first kappa shape index (κ1) is 12.3. The Morgan fingerprint density at radius 3 is 2.87 bits per heavy atom. The lowest BCUT2D eigenvalue weighted by Crippen LogP contribution is -2.06. The molecule has 0 saturated carbocycles. The molecular formula is C9H8F2INO2. The summed E-state index contributed by atoms with van der Waals surface area (Å²) in [7, 11) is 1.25. The van der Waals surface area contributed by atoms with Crippen molar-refractivity contribution >= 4 is 28.6 Å². The largest absolute Gasteiger partial charge is 0.469 e. The van der Waals surface area contributed by atoms with Crippen molar-refractivity contribution in [2.75, 3.05) is 7.11 Å². The minimum absolute atomic E-state index is 0.0415. The van der Waals surface area contributed by atoms with Crippen LogP contribution in [0.5, 0.6) is 0 Å². The Morgan fingerprint density at radius 1 is 1.67 bits per heavy atom. The van der Waals surface area contributed by atoms with Crippen LogP contribution in [0.1, 0.15) is 17.6 Å². The van der Waals surface area contributed by atoms with Gasteiger partial charge < -0.3 is 4.74 Å². The molecule has 82 valence electrons. The number of halogens is 3. The monoisotopic (exact) mass is 327 g/mol. The van der Waals surface area contributed by atoms with E-state index in [1.165, 1.54) is 19.4 Å². The summed E-state index contributed by atoms with van der Waals surface area (Å²) in [4.78, 5) is 14.7. The molecule has 0 radical (unpaired) electrons. The highest BCUT2D eigenvalue weighted by atomic mass is 127. The number of aromatic nitrogens is 1. The van der Waals surface area contributed by atoms with E-state index >= 15 is 0 Å². The lowest BCUT2D eigenvalue weighted by atomic mass is 10.1. The van der Waals surface area contributed by atoms with Gasteiger partial charge in [0.15, 0.2) is 0 Å². The number of pyridine rings is 1. The summed E-state index contributed by atoms with van der Waals surface area (Å²) in [5, 5.41) is 0. The molecule has 1 aromatic rings.